The van der Waals surface area contributed by atoms with E-state index < -0.39 is 6.04 Å². The maximum Gasteiger partial charge on any atom is 0.237 e. The Morgan fingerprint density at radius 3 is 2.58 bits per heavy atom. The number of nitrogens with two attached hydrogens (primary N) is 1. The van der Waals surface area contributed by atoms with Crippen LogP contribution in [0.1, 0.15) is 38.3 Å². The van der Waals surface area contributed by atoms with E-state index in [0.717, 1.165) is 18.8 Å². The number of hydrogen-bond donors (Lipinski definition) is 2. The Hall–Kier alpha value is -1.30. The van der Waals surface area contributed by atoms with E-state index in [2.05, 4.69) is 22.3 Å². The molecule has 1 aromatic rings. The highest BCUT2D eigenvalue weighted by molar-refractivity contribution is 5.85. The van der Waals surface area contributed by atoms with Gasteiger partial charge in [0.1, 0.15) is 5.75 Å². The first kappa shape index (κ1) is 20.7. The van der Waals surface area contributed by atoms with E-state index in [-0.39, 0.29) is 30.3 Å². The first-order valence-corrected chi connectivity index (χ1v) is 8.44. The molecule has 1 unspecified atom stereocenters. The van der Waals surface area contributed by atoms with E-state index >= 15 is 0 Å². The summed E-state index contributed by atoms with van der Waals surface area (Å²) < 4.78 is 5.34. The third kappa shape index (κ3) is 5.36. The molecule has 0 aromatic heterocycles. The van der Waals surface area contributed by atoms with E-state index in [1.165, 1.54) is 18.4 Å². The fourth-order valence-corrected chi connectivity index (χ4v) is 2.98. The van der Waals surface area contributed by atoms with Crippen molar-refractivity contribution in [1.82, 2.24) is 10.2 Å². The van der Waals surface area contributed by atoms with Crippen molar-refractivity contribution in [2.45, 2.75) is 38.8 Å². The molecule has 1 fully saturated rings. The van der Waals surface area contributed by atoms with Crippen molar-refractivity contribution >= 4 is 18.3 Å². The molecule has 1 aromatic carbocycles. The standard InChI is InChI=1S/C18H29N3O2.ClH/c1-13(2)17(19)18(22)20-12-16(21-9-4-5-10-21)14-7-6-8-15(11-14)23-3;/h6-8,11,13,16-17H,4-5,9-10,12,19H2,1-3H3,(H,20,22);1H/t16?,17-;/m0./s1. The summed E-state index contributed by atoms with van der Waals surface area (Å²) in [7, 11) is 1.67. The first-order valence-electron chi connectivity index (χ1n) is 8.44. The molecule has 136 valence electrons. The Bertz CT molecular complexity index is 519. The largest absolute Gasteiger partial charge is 0.497 e. The van der Waals surface area contributed by atoms with Gasteiger partial charge in [-0.2, -0.15) is 0 Å². The van der Waals surface area contributed by atoms with Crippen LogP contribution in [0.25, 0.3) is 0 Å². The van der Waals surface area contributed by atoms with Gasteiger partial charge in [-0.15, -0.1) is 12.4 Å². The minimum Gasteiger partial charge on any atom is -0.497 e. The third-order valence-electron chi connectivity index (χ3n) is 4.55. The molecule has 1 heterocycles. The number of carbonyl (C=O) groups is 1. The predicted octanol–water partition coefficient (Wildman–Crippen LogP) is 2.35. The number of ether oxygens (including phenoxy) is 1. The van der Waals surface area contributed by atoms with Crippen LogP contribution in [0, 0.1) is 5.92 Å². The number of likely N-dealkylation sites (tertiary alicyclic amines) is 1. The molecule has 0 aliphatic carbocycles. The monoisotopic (exact) mass is 355 g/mol. The molecule has 24 heavy (non-hydrogen) atoms. The highest BCUT2D eigenvalue weighted by atomic mass is 35.5. The lowest BCUT2D eigenvalue weighted by molar-refractivity contribution is -0.123. The SMILES string of the molecule is COc1cccc(C(CNC(=O)[C@@H](N)C(C)C)N2CCCC2)c1.Cl. The van der Waals surface area contributed by atoms with Crippen LogP contribution < -0.4 is 15.8 Å². The number of nitrogens with zero attached hydrogens (tertiary/aromatic N) is 1. The lowest BCUT2D eigenvalue weighted by atomic mass is 10.0. The van der Waals surface area contributed by atoms with Gasteiger partial charge in [0.05, 0.1) is 19.2 Å². The lowest BCUT2D eigenvalue weighted by Crippen LogP contribution is -2.46. The average molecular weight is 356 g/mol. The Labute approximate surface area is 151 Å². The number of amides is 1. The van der Waals surface area contributed by atoms with Crippen LogP contribution in [0.5, 0.6) is 5.75 Å². The van der Waals surface area contributed by atoms with Crippen molar-refractivity contribution in [3.05, 3.63) is 29.8 Å². The van der Waals surface area contributed by atoms with Gasteiger partial charge in [0.25, 0.3) is 0 Å². The minimum absolute atomic E-state index is 0. The van der Waals surface area contributed by atoms with E-state index in [1.54, 1.807) is 7.11 Å². The maximum absolute atomic E-state index is 12.2. The molecule has 0 saturated carbocycles. The Balaban J connectivity index is 0.00000288. The molecule has 0 bridgehead atoms. The van der Waals surface area contributed by atoms with Gasteiger partial charge in [0.2, 0.25) is 5.91 Å². The number of methoxy groups -OCH3 is 1. The van der Waals surface area contributed by atoms with Crippen LogP contribution >= 0.6 is 12.4 Å². The number of nitrogens with one attached hydrogen (secondary N) is 1. The fraction of sp³-hybridized carbons (Fsp3) is 0.611. The van der Waals surface area contributed by atoms with Crippen molar-refractivity contribution in [1.29, 1.82) is 0 Å². The zero-order valence-corrected chi connectivity index (χ0v) is 15.6. The molecule has 1 saturated heterocycles. The minimum atomic E-state index is -0.459. The zero-order chi connectivity index (χ0) is 16.8. The smallest absolute Gasteiger partial charge is 0.237 e. The van der Waals surface area contributed by atoms with Crippen molar-refractivity contribution in [2.75, 3.05) is 26.7 Å². The van der Waals surface area contributed by atoms with E-state index in [1.807, 2.05) is 26.0 Å². The molecule has 5 nitrogen and oxygen atoms in total. The highest BCUT2D eigenvalue weighted by Gasteiger charge is 2.25. The van der Waals surface area contributed by atoms with E-state index in [0.29, 0.717) is 6.54 Å². The average Bonchev–Trinajstić information content (AvgIpc) is 3.08. The Kier molecular flexibility index (Phi) is 8.53. The van der Waals surface area contributed by atoms with Crippen LogP contribution in [0.2, 0.25) is 0 Å². The Morgan fingerprint density at radius 2 is 2.00 bits per heavy atom. The molecule has 1 aliphatic rings. The maximum atomic E-state index is 12.2. The number of carbonyl (C=O) groups excluding carboxylic acids is 1. The van der Waals surface area contributed by atoms with Gasteiger partial charge in [-0.25, -0.2) is 0 Å². The van der Waals surface area contributed by atoms with Gasteiger partial charge in [-0.05, 0) is 49.5 Å². The molecule has 3 N–H and O–H groups in total. The van der Waals surface area contributed by atoms with Crippen LogP contribution in [0.3, 0.4) is 0 Å². The number of halogens is 1. The van der Waals surface area contributed by atoms with Crippen LogP contribution in [-0.4, -0.2) is 43.6 Å². The van der Waals surface area contributed by atoms with Crippen LogP contribution in [-0.2, 0) is 4.79 Å². The molecule has 6 heteroatoms. The Morgan fingerprint density at radius 1 is 1.33 bits per heavy atom. The topological polar surface area (TPSA) is 67.6 Å². The summed E-state index contributed by atoms with van der Waals surface area (Å²) in [5.41, 5.74) is 7.11. The van der Waals surface area contributed by atoms with Gasteiger partial charge in [-0.3, -0.25) is 9.69 Å². The van der Waals surface area contributed by atoms with E-state index in [4.69, 9.17) is 10.5 Å². The molecular formula is C18H30ClN3O2. The second-order valence-electron chi connectivity index (χ2n) is 6.55. The molecule has 0 radical (unpaired) electrons. The normalized spacial score (nSPS) is 17.2. The first-order chi connectivity index (χ1) is 11.0. The van der Waals surface area contributed by atoms with E-state index in [9.17, 15) is 4.79 Å². The zero-order valence-electron chi connectivity index (χ0n) is 14.8. The summed E-state index contributed by atoms with van der Waals surface area (Å²) in [4.78, 5) is 14.6. The quantitative estimate of drug-likeness (QED) is 0.787. The molecule has 1 amide bonds. The summed E-state index contributed by atoms with van der Waals surface area (Å²) >= 11 is 0. The number of rotatable bonds is 7. The predicted molar refractivity (Wildman–Crippen MR) is 99.6 cm³/mol. The molecule has 0 spiro atoms. The molecular weight excluding hydrogens is 326 g/mol. The van der Waals surface area contributed by atoms with Gasteiger partial charge in [0, 0.05) is 6.54 Å². The highest BCUT2D eigenvalue weighted by Crippen LogP contribution is 2.27. The van der Waals surface area contributed by atoms with Gasteiger partial charge in [0.15, 0.2) is 0 Å². The van der Waals surface area contributed by atoms with Crippen LogP contribution in [0.15, 0.2) is 24.3 Å². The van der Waals surface area contributed by atoms with Crippen molar-refractivity contribution in [2.24, 2.45) is 11.7 Å². The fourth-order valence-electron chi connectivity index (χ4n) is 2.98. The molecule has 2 rings (SSSR count). The summed E-state index contributed by atoms with van der Waals surface area (Å²) in [5, 5.41) is 3.03. The summed E-state index contributed by atoms with van der Waals surface area (Å²) in [6.45, 7) is 6.63. The van der Waals surface area contributed by atoms with Crippen molar-refractivity contribution in [3.63, 3.8) is 0 Å². The second kappa shape index (κ2) is 9.87. The molecule has 1 aliphatic heterocycles. The van der Waals surface area contributed by atoms with Crippen molar-refractivity contribution < 1.29 is 9.53 Å². The summed E-state index contributed by atoms with van der Waals surface area (Å²) in [5.74, 6) is 0.904. The van der Waals surface area contributed by atoms with Gasteiger partial charge < -0.3 is 15.8 Å². The van der Waals surface area contributed by atoms with Gasteiger partial charge in [-0.1, -0.05) is 26.0 Å². The second-order valence-corrected chi connectivity index (χ2v) is 6.55. The summed E-state index contributed by atoms with van der Waals surface area (Å²) in [6, 6.07) is 7.80. The van der Waals surface area contributed by atoms with Gasteiger partial charge >= 0.3 is 0 Å². The third-order valence-corrected chi connectivity index (χ3v) is 4.55. The number of benzene rings is 1. The van der Waals surface area contributed by atoms with Crippen LogP contribution in [0.4, 0.5) is 0 Å². The van der Waals surface area contributed by atoms with Crippen molar-refractivity contribution in [3.8, 4) is 5.75 Å². The molecule has 2 atom stereocenters. The lowest BCUT2D eigenvalue weighted by Gasteiger charge is -2.29. The summed E-state index contributed by atoms with van der Waals surface area (Å²) in [6.07, 6.45) is 2.42. The number of hydrogen-bond acceptors (Lipinski definition) is 4.